The van der Waals surface area contributed by atoms with E-state index >= 15 is 0 Å². The number of nitrogens with zero attached hydrogens (tertiary/aromatic N) is 2. The van der Waals surface area contributed by atoms with Crippen LogP contribution in [0.15, 0.2) is 29.3 Å². The summed E-state index contributed by atoms with van der Waals surface area (Å²) in [6, 6.07) is 8.51. The largest absolute Gasteiger partial charge is 0.497 e. The molecule has 0 saturated carbocycles. The molecule has 7 heteroatoms. The Morgan fingerprint density at radius 2 is 1.85 bits per heavy atom. The number of methoxy groups -OCH3 is 2. The first-order valence-corrected chi connectivity index (χ1v) is 9.44. The molecule has 2 N–H and O–H groups in total. The molecule has 0 aliphatic carbocycles. The molecule has 1 atom stereocenters. The van der Waals surface area contributed by atoms with Gasteiger partial charge in [-0.3, -0.25) is 9.89 Å². The number of ether oxygens (including phenoxy) is 3. The molecule has 0 bridgehead atoms. The summed E-state index contributed by atoms with van der Waals surface area (Å²) < 4.78 is 16.3. The van der Waals surface area contributed by atoms with Crippen LogP contribution in [0.25, 0.3) is 0 Å². The summed E-state index contributed by atoms with van der Waals surface area (Å²) in [5, 5.41) is 6.80. The molecule has 0 aromatic heterocycles. The van der Waals surface area contributed by atoms with Crippen LogP contribution in [0.2, 0.25) is 0 Å². The SMILES string of the molecule is CN=C(NCC(c1ccc(OC)cc1)N1CCOCC1)NCC(C)(C)OC. The second-order valence-electron chi connectivity index (χ2n) is 7.21. The van der Waals surface area contributed by atoms with Crippen LogP contribution < -0.4 is 15.4 Å². The number of hydrogen-bond donors (Lipinski definition) is 2. The van der Waals surface area contributed by atoms with Gasteiger partial charge < -0.3 is 24.8 Å². The average molecular weight is 379 g/mol. The number of morpholine rings is 1. The first-order chi connectivity index (χ1) is 13.0. The predicted octanol–water partition coefficient (Wildman–Crippen LogP) is 1.66. The molecule has 0 amide bonds. The van der Waals surface area contributed by atoms with Crippen LogP contribution in [-0.2, 0) is 9.47 Å². The lowest BCUT2D eigenvalue weighted by atomic mass is 10.0. The van der Waals surface area contributed by atoms with Crippen molar-refractivity contribution in [2.75, 3.05) is 60.7 Å². The first kappa shape index (κ1) is 21.5. The molecule has 1 aliphatic heterocycles. The van der Waals surface area contributed by atoms with E-state index in [2.05, 4.69) is 32.7 Å². The Kier molecular flexibility index (Phi) is 8.34. The van der Waals surface area contributed by atoms with E-state index in [4.69, 9.17) is 14.2 Å². The standard InChI is InChI=1S/C20H34N4O3/c1-20(2,26-5)15-23-19(21-3)22-14-18(24-10-12-27-13-11-24)16-6-8-17(25-4)9-7-16/h6-9,18H,10-15H2,1-5H3,(H2,21,22,23). The van der Waals surface area contributed by atoms with Crippen molar-refractivity contribution in [2.24, 2.45) is 4.99 Å². The molecule has 1 aromatic carbocycles. The van der Waals surface area contributed by atoms with Gasteiger partial charge in [-0.2, -0.15) is 0 Å². The Hall–Kier alpha value is -1.83. The van der Waals surface area contributed by atoms with Gasteiger partial charge in [0, 0.05) is 40.3 Å². The molecule has 1 fully saturated rings. The Morgan fingerprint density at radius 1 is 1.19 bits per heavy atom. The monoisotopic (exact) mass is 378 g/mol. The fourth-order valence-electron chi connectivity index (χ4n) is 2.96. The van der Waals surface area contributed by atoms with E-state index in [1.165, 1.54) is 5.56 Å². The van der Waals surface area contributed by atoms with Crippen molar-refractivity contribution < 1.29 is 14.2 Å². The van der Waals surface area contributed by atoms with Crippen molar-refractivity contribution in [3.8, 4) is 5.75 Å². The van der Waals surface area contributed by atoms with Crippen LogP contribution in [0.3, 0.4) is 0 Å². The van der Waals surface area contributed by atoms with Crippen LogP contribution in [0, 0.1) is 0 Å². The highest BCUT2D eigenvalue weighted by Gasteiger charge is 2.23. The maximum atomic E-state index is 5.53. The zero-order valence-electron chi connectivity index (χ0n) is 17.2. The summed E-state index contributed by atoms with van der Waals surface area (Å²) >= 11 is 0. The Labute approximate surface area is 163 Å². The third kappa shape index (κ3) is 6.68. The summed E-state index contributed by atoms with van der Waals surface area (Å²) in [4.78, 5) is 6.79. The molecule has 0 radical (unpaired) electrons. The molecular weight excluding hydrogens is 344 g/mol. The quantitative estimate of drug-likeness (QED) is 0.530. The number of nitrogens with one attached hydrogen (secondary N) is 2. The fourth-order valence-corrected chi connectivity index (χ4v) is 2.96. The summed E-state index contributed by atoms with van der Waals surface area (Å²) in [5.74, 6) is 1.64. The lowest BCUT2D eigenvalue weighted by Gasteiger charge is -2.35. The molecule has 1 aliphatic rings. The summed E-state index contributed by atoms with van der Waals surface area (Å²) in [6.45, 7) is 8.88. The Bertz CT molecular complexity index is 583. The van der Waals surface area contributed by atoms with Gasteiger partial charge in [0.05, 0.1) is 32.0 Å². The van der Waals surface area contributed by atoms with Gasteiger partial charge >= 0.3 is 0 Å². The number of guanidine groups is 1. The molecule has 27 heavy (non-hydrogen) atoms. The maximum Gasteiger partial charge on any atom is 0.191 e. The third-order valence-electron chi connectivity index (χ3n) is 4.91. The minimum absolute atomic E-state index is 0.230. The van der Waals surface area contributed by atoms with E-state index in [0.29, 0.717) is 6.54 Å². The van der Waals surface area contributed by atoms with E-state index in [1.807, 2.05) is 26.0 Å². The summed E-state index contributed by atoms with van der Waals surface area (Å²) in [7, 11) is 5.19. The van der Waals surface area contributed by atoms with Crippen molar-refractivity contribution in [2.45, 2.75) is 25.5 Å². The summed E-state index contributed by atoms with van der Waals surface area (Å²) in [6.07, 6.45) is 0. The first-order valence-electron chi connectivity index (χ1n) is 9.44. The van der Waals surface area contributed by atoms with E-state index in [9.17, 15) is 0 Å². The van der Waals surface area contributed by atoms with E-state index in [1.54, 1.807) is 21.3 Å². The van der Waals surface area contributed by atoms with Gasteiger partial charge in [0.25, 0.3) is 0 Å². The van der Waals surface area contributed by atoms with Crippen molar-refractivity contribution in [3.63, 3.8) is 0 Å². The number of aliphatic imine (C=N–C) groups is 1. The number of rotatable bonds is 8. The molecule has 1 aromatic rings. The van der Waals surface area contributed by atoms with Gasteiger partial charge in [-0.1, -0.05) is 12.1 Å². The molecular formula is C20H34N4O3. The molecule has 7 nitrogen and oxygen atoms in total. The highest BCUT2D eigenvalue weighted by Crippen LogP contribution is 2.23. The lowest BCUT2D eigenvalue weighted by Crippen LogP contribution is -2.48. The van der Waals surface area contributed by atoms with Gasteiger partial charge in [-0.15, -0.1) is 0 Å². The van der Waals surface area contributed by atoms with Crippen molar-refractivity contribution >= 4 is 5.96 Å². The van der Waals surface area contributed by atoms with Crippen LogP contribution in [-0.4, -0.2) is 77.1 Å². The van der Waals surface area contributed by atoms with Gasteiger partial charge in [-0.05, 0) is 31.5 Å². The van der Waals surface area contributed by atoms with Crippen LogP contribution in [0.4, 0.5) is 0 Å². The van der Waals surface area contributed by atoms with Gasteiger partial charge in [0.1, 0.15) is 5.75 Å². The van der Waals surface area contributed by atoms with E-state index in [-0.39, 0.29) is 11.6 Å². The molecule has 1 saturated heterocycles. The van der Waals surface area contributed by atoms with Crippen molar-refractivity contribution in [1.29, 1.82) is 0 Å². The highest BCUT2D eigenvalue weighted by molar-refractivity contribution is 5.79. The Balaban J connectivity index is 2.04. The maximum absolute atomic E-state index is 5.53. The minimum atomic E-state index is -0.253. The van der Waals surface area contributed by atoms with Gasteiger partial charge in [0.15, 0.2) is 5.96 Å². The second kappa shape index (κ2) is 10.5. The third-order valence-corrected chi connectivity index (χ3v) is 4.91. The van der Waals surface area contributed by atoms with Crippen LogP contribution in [0.5, 0.6) is 5.75 Å². The molecule has 2 rings (SSSR count). The zero-order chi connectivity index (χ0) is 19.7. The zero-order valence-corrected chi connectivity index (χ0v) is 17.2. The molecule has 0 spiro atoms. The molecule has 1 unspecified atom stereocenters. The lowest BCUT2D eigenvalue weighted by molar-refractivity contribution is 0.0167. The van der Waals surface area contributed by atoms with Crippen LogP contribution in [0.1, 0.15) is 25.5 Å². The van der Waals surface area contributed by atoms with E-state index in [0.717, 1.165) is 44.6 Å². The van der Waals surface area contributed by atoms with Crippen molar-refractivity contribution in [1.82, 2.24) is 15.5 Å². The predicted molar refractivity (Wildman–Crippen MR) is 109 cm³/mol. The second-order valence-corrected chi connectivity index (χ2v) is 7.21. The van der Waals surface area contributed by atoms with Crippen LogP contribution >= 0.6 is 0 Å². The van der Waals surface area contributed by atoms with Crippen molar-refractivity contribution in [3.05, 3.63) is 29.8 Å². The smallest absolute Gasteiger partial charge is 0.191 e. The topological polar surface area (TPSA) is 67.4 Å². The normalized spacial score (nSPS) is 17.4. The van der Waals surface area contributed by atoms with E-state index < -0.39 is 0 Å². The summed E-state index contributed by atoms with van der Waals surface area (Å²) in [5.41, 5.74) is 0.995. The average Bonchev–Trinajstić information content (AvgIpc) is 2.71. The number of hydrogen-bond acceptors (Lipinski definition) is 5. The molecule has 1 heterocycles. The minimum Gasteiger partial charge on any atom is -0.497 e. The fraction of sp³-hybridized carbons (Fsp3) is 0.650. The molecule has 152 valence electrons. The Morgan fingerprint density at radius 3 is 2.41 bits per heavy atom. The van der Waals surface area contributed by atoms with Gasteiger partial charge in [0.2, 0.25) is 0 Å². The number of benzene rings is 1. The van der Waals surface area contributed by atoms with Gasteiger partial charge in [-0.25, -0.2) is 0 Å². The highest BCUT2D eigenvalue weighted by atomic mass is 16.5.